The number of primary amides is 1. The molecule has 4 rings (SSSR count). The number of rotatable bonds is 13. The number of amides is 2. The molecule has 0 bridgehead atoms. The summed E-state index contributed by atoms with van der Waals surface area (Å²) in [6, 6.07) is 15.8. The first kappa shape index (κ1) is 28.4. The molecule has 0 saturated carbocycles. The van der Waals surface area contributed by atoms with Gasteiger partial charge in [-0.05, 0) is 55.5 Å². The number of carbonyl (C=O) groups excluding carboxylic acids is 2. The summed E-state index contributed by atoms with van der Waals surface area (Å²) in [5.41, 5.74) is 10.2. The standard InChI is InChI=1S/C31H40N4O4/c1-5-6-15-39-31(27-10-8-7-9-21(27)2)18-35(19-31)30(37)26(16-23-11-13-24(38-4)14-12-23)25(29(32)36)17-28-22(3)33-20-34-28/h7-14,20,25-26H,5-6,15-19H2,1-4H3,(H2,32,36)(H,33,34)/t25?,26-/m1/s1. The summed E-state index contributed by atoms with van der Waals surface area (Å²) in [5, 5.41) is 0. The fourth-order valence-corrected chi connectivity index (χ4v) is 5.46. The van der Waals surface area contributed by atoms with Crippen LogP contribution in [0.25, 0.3) is 0 Å². The predicted octanol–water partition coefficient (Wildman–Crippen LogP) is 4.09. The van der Waals surface area contributed by atoms with Gasteiger partial charge in [0.15, 0.2) is 0 Å². The van der Waals surface area contributed by atoms with Crippen molar-refractivity contribution in [2.75, 3.05) is 26.8 Å². The molecule has 39 heavy (non-hydrogen) atoms. The molecule has 1 saturated heterocycles. The van der Waals surface area contributed by atoms with Crippen molar-refractivity contribution >= 4 is 11.8 Å². The number of benzene rings is 2. The summed E-state index contributed by atoms with van der Waals surface area (Å²) in [7, 11) is 1.61. The normalized spacial score (nSPS) is 15.8. The number of likely N-dealkylation sites (tertiary alicyclic amines) is 1. The van der Waals surface area contributed by atoms with Gasteiger partial charge in [-0.25, -0.2) is 4.98 Å². The number of hydrogen-bond acceptors (Lipinski definition) is 5. The molecule has 2 aromatic carbocycles. The van der Waals surface area contributed by atoms with E-state index in [0.29, 0.717) is 32.5 Å². The highest BCUT2D eigenvalue weighted by Gasteiger charge is 2.50. The first-order valence-electron chi connectivity index (χ1n) is 13.7. The summed E-state index contributed by atoms with van der Waals surface area (Å²) in [5.74, 6) is -1.22. The van der Waals surface area contributed by atoms with Crippen LogP contribution in [-0.4, -0.2) is 53.5 Å². The molecule has 1 aliphatic rings. The first-order chi connectivity index (χ1) is 18.8. The van der Waals surface area contributed by atoms with Crippen molar-refractivity contribution in [2.45, 2.75) is 52.1 Å². The van der Waals surface area contributed by atoms with Gasteiger partial charge < -0.3 is 25.1 Å². The van der Waals surface area contributed by atoms with E-state index in [-0.39, 0.29) is 5.91 Å². The van der Waals surface area contributed by atoms with Gasteiger partial charge in [0, 0.05) is 18.7 Å². The van der Waals surface area contributed by atoms with Gasteiger partial charge in [-0.15, -0.1) is 0 Å². The predicted molar refractivity (Wildman–Crippen MR) is 150 cm³/mol. The van der Waals surface area contributed by atoms with Crippen LogP contribution < -0.4 is 10.5 Å². The molecule has 8 nitrogen and oxygen atoms in total. The zero-order valence-corrected chi connectivity index (χ0v) is 23.4. The Morgan fingerprint density at radius 1 is 1.08 bits per heavy atom. The first-order valence-corrected chi connectivity index (χ1v) is 13.7. The number of imidazole rings is 1. The van der Waals surface area contributed by atoms with Crippen LogP contribution in [0.1, 0.15) is 47.8 Å². The maximum Gasteiger partial charge on any atom is 0.227 e. The molecule has 208 valence electrons. The fourth-order valence-electron chi connectivity index (χ4n) is 5.46. The van der Waals surface area contributed by atoms with Crippen LogP contribution in [0.3, 0.4) is 0 Å². The lowest BCUT2D eigenvalue weighted by atomic mass is 9.78. The Morgan fingerprint density at radius 2 is 1.79 bits per heavy atom. The van der Waals surface area contributed by atoms with Crippen molar-refractivity contribution in [1.29, 1.82) is 0 Å². The summed E-state index contributed by atoms with van der Waals surface area (Å²) in [6.07, 6.45) is 4.26. The Bertz CT molecular complexity index is 1260. The highest BCUT2D eigenvalue weighted by molar-refractivity contribution is 5.88. The molecule has 2 amide bonds. The van der Waals surface area contributed by atoms with Crippen LogP contribution in [0.5, 0.6) is 5.75 Å². The van der Waals surface area contributed by atoms with Crippen LogP contribution in [0.2, 0.25) is 0 Å². The van der Waals surface area contributed by atoms with Gasteiger partial charge in [0.1, 0.15) is 11.4 Å². The molecule has 3 N–H and O–H groups in total. The molecule has 8 heteroatoms. The third kappa shape index (κ3) is 6.33. The second kappa shape index (κ2) is 12.5. The number of ether oxygens (including phenoxy) is 2. The smallest absolute Gasteiger partial charge is 0.227 e. The van der Waals surface area contributed by atoms with Crippen molar-refractivity contribution < 1.29 is 19.1 Å². The Labute approximate surface area is 230 Å². The number of methoxy groups -OCH3 is 1. The van der Waals surface area contributed by atoms with Crippen LogP contribution >= 0.6 is 0 Å². The van der Waals surface area contributed by atoms with Crippen LogP contribution in [-0.2, 0) is 32.8 Å². The second-order valence-corrected chi connectivity index (χ2v) is 10.6. The molecular formula is C31H40N4O4. The van der Waals surface area contributed by atoms with Crippen LogP contribution in [0.4, 0.5) is 0 Å². The number of hydrogen-bond donors (Lipinski definition) is 2. The van der Waals surface area contributed by atoms with Crippen molar-refractivity contribution in [2.24, 2.45) is 17.6 Å². The Balaban J connectivity index is 1.62. The average Bonchev–Trinajstić information content (AvgIpc) is 3.32. The lowest BCUT2D eigenvalue weighted by Gasteiger charge is -2.51. The molecule has 0 spiro atoms. The molecule has 1 fully saturated rings. The van der Waals surface area contributed by atoms with Crippen molar-refractivity contribution in [3.8, 4) is 5.75 Å². The van der Waals surface area contributed by atoms with Gasteiger partial charge in [-0.2, -0.15) is 0 Å². The highest BCUT2D eigenvalue weighted by Crippen LogP contribution is 2.40. The molecule has 1 aliphatic heterocycles. The zero-order chi connectivity index (χ0) is 28.0. The van der Waals surface area contributed by atoms with E-state index >= 15 is 0 Å². The van der Waals surface area contributed by atoms with E-state index in [1.54, 1.807) is 13.4 Å². The molecule has 2 heterocycles. The number of H-pyrrole nitrogens is 1. The summed E-state index contributed by atoms with van der Waals surface area (Å²) < 4.78 is 11.8. The Morgan fingerprint density at radius 3 is 2.38 bits per heavy atom. The van der Waals surface area contributed by atoms with E-state index in [1.807, 2.05) is 48.2 Å². The number of carbonyl (C=O) groups is 2. The summed E-state index contributed by atoms with van der Waals surface area (Å²) in [4.78, 5) is 36.3. The lowest BCUT2D eigenvalue weighted by molar-refractivity contribution is -0.178. The minimum atomic E-state index is -0.712. The van der Waals surface area contributed by atoms with Crippen LogP contribution in [0, 0.1) is 25.7 Å². The Hall–Kier alpha value is -3.65. The molecule has 3 aromatic rings. The van der Waals surface area contributed by atoms with Crippen molar-refractivity contribution in [1.82, 2.24) is 14.9 Å². The monoisotopic (exact) mass is 532 g/mol. The number of nitrogens with two attached hydrogens (primary N) is 1. The van der Waals surface area contributed by atoms with E-state index in [0.717, 1.165) is 46.7 Å². The molecule has 2 atom stereocenters. The highest BCUT2D eigenvalue weighted by atomic mass is 16.5. The minimum Gasteiger partial charge on any atom is -0.497 e. The van der Waals surface area contributed by atoms with E-state index in [4.69, 9.17) is 15.2 Å². The SMILES string of the molecule is CCCCOC1(c2ccccc2C)CN(C(=O)[C@H](Cc2ccc(OC)cc2)C(Cc2nc[nH]c2C)C(N)=O)C1. The number of aromatic nitrogens is 2. The summed E-state index contributed by atoms with van der Waals surface area (Å²) in [6.45, 7) is 7.62. The van der Waals surface area contributed by atoms with Gasteiger partial charge in [0.05, 0.1) is 44.1 Å². The van der Waals surface area contributed by atoms with Gasteiger partial charge in [-0.1, -0.05) is 49.7 Å². The topological polar surface area (TPSA) is 111 Å². The Kier molecular flexibility index (Phi) is 9.07. The van der Waals surface area contributed by atoms with Gasteiger partial charge >= 0.3 is 0 Å². The average molecular weight is 533 g/mol. The zero-order valence-electron chi connectivity index (χ0n) is 23.4. The largest absolute Gasteiger partial charge is 0.497 e. The molecular weight excluding hydrogens is 492 g/mol. The number of nitrogens with one attached hydrogen (secondary N) is 1. The quantitative estimate of drug-likeness (QED) is 0.322. The molecule has 1 aromatic heterocycles. The molecule has 1 unspecified atom stereocenters. The third-order valence-electron chi connectivity index (χ3n) is 7.85. The summed E-state index contributed by atoms with van der Waals surface area (Å²) >= 11 is 0. The maximum atomic E-state index is 14.2. The number of unbranched alkanes of at least 4 members (excludes halogenated alkanes) is 1. The number of aryl methyl sites for hydroxylation is 2. The maximum absolute atomic E-state index is 14.2. The van der Waals surface area contributed by atoms with Crippen molar-refractivity contribution in [3.63, 3.8) is 0 Å². The number of nitrogens with zero attached hydrogens (tertiary/aromatic N) is 2. The van der Waals surface area contributed by atoms with E-state index < -0.39 is 23.3 Å². The van der Waals surface area contributed by atoms with E-state index in [9.17, 15) is 9.59 Å². The fraction of sp³-hybridized carbons (Fsp3) is 0.452. The molecule has 0 aliphatic carbocycles. The van der Waals surface area contributed by atoms with Gasteiger partial charge in [-0.3, -0.25) is 9.59 Å². The molecule has 0 radical (unpaired) electrons. The van der Waals surface area contributed by atoms with E-state index in [2.05, 4.69) is 35.9 Å². The van der Waals surface area contributed by atoms with Gasteiger partial charge in [0.25, 0.3) is 0 Å². The van der Waals surface area contributed by atoms with Crippen molar-refractivity contribution in [3.05, 3.63) is 82.9 Å². The number of aromatic amines is 1. The van der Waals surface area contributed by atoms with Gasteiger partial charge in [0.2, 0.25) is 11.8 Å². The lowest BCUT2D eigenvalue weighted by Crippen LogP contribution is -2.64. The minimum absolute atomic E-state index is 0.0916. The van der Waals surface area contributed by atoms with Crippen LogP contribution in [0.15, 0.2) is 54.9 Å². The second-order valence-electron chi connectivity index (χ2n) is 10.6. The van der Waals surface area contributed by atoms with E-state index in [1.165, 1.54) is 0 Å². The third-order valence-corrected chi connectivity index (χ3v) is 7.85.